The van der Waals surface area contributed by atoms with Crippen LogP contribution in [0.5, 0.6) is 5.75 Å². The summed E-state index contributed by atoms with van der Waals surface area (Å²) >= 11 is 0. The molecule has 1 aromatic rings. The molecule has 98 valence electrons. The van der Waals surface area contributed by atoms with E-state index in [4.69, 9.17) is 4.74 Å². The van der Waals surface area contributed by atoms with E-state index in [9.17, 15) is 19.4 Å². The minimum absolute atomic E-state index is 0.0288. The molecule has 1 fully saturated rings. The smallest absolute Gasteiger partial charge is 0.255 e. The van der Waals surface area contributed by atoms with E-state index < -0.39 is 23.1 Å². The summed E-state index contributed by atoms with van der Waals surface area (Å²) in [5, 5.41) is 21.9. The van der Waals surface area contributed by atoms with Crippen molar-refractivity contribution in [1.82, 2.24) is 5.32 Å². The second-order valence-corrected chi connectivity index (χ2v) is 4.37. The summed E-state index contributed by atoms with van der Waals surface area (Å²) in [6.07, 6.45) is 0.447. The van der Waals surface area contributed by atoms with E-state index in [0.717, 1.165) is 12.1 Å². The van der Waals surface area contributed by atoms with Crippen molar-refractivity contribution in [2.24, 2.45) is 0 Å². The summed E-state index contributed by atoms with van der Waals surface area (Å²) in [6, 6.07) is 3.14. The molecule has 1 unspecified atom stereocenters. The predicted octanol–water partition coefficient (Wildman–Crippen LogP) is 0.412. The van der Waals surface area contributed by atoms with Crippen LogP contribution in [-0.4, -0.2) is 41.5 Å². The van der Waals surface area contributed by atoms with Crippen molar-refractivity contribution in [2.75, 3.05) is 19.8 Å². The number of nitrogens with one attached hydrogen (secondary N) is 1. The van der Waals surface area contributed by atoms with Gasteiger partial charge in [-0.3, -0.25) is 4.79 Å². The van der Waals surface area contributed by atoms with Gasteiger partial charge in [-0.2, -0.15) is 0 Å². The highest BCUT2D eigenvalue weighted by molar-refractivity contribution is 5.96. The van der Waals surface area contributed by atoms with Crippen molar-refractivity contribution in [3.8, 4) is 5.75 Å². The molecular formula is C12H14FNO4. The van der Waals surface area contributed by atoms with E-state index in [2.05, 4.69) is 5.32 Å². The second kappa shape index (κ2) is 4.91. The molecule has 1 aliphatic rings. The molecule has 1 aliphatic heterocycles. The van der Waals surface area contributed by atoms with Crippen LogP contribution < -0.4 is 5.32 Å². The fourth-order valence-corrected chi connectivity index (χ4v) is 1.77. The maximum atomic E-state index is 12.8. The molecule has 0 aromatic heterocycles. The van der Waals surface area contributed by atoms with Crippen LogP contribution in [0, 0.1) is 5.82 Å². The van der Waals surface area contributed by atoms with Crippen molar-refractivity contribution in [1.29, 1.82) is 0 Å². The number of benzene rings is 1. The molecule has 0 radical (unpaired) electrons. The number of aliphatic hydroxyl groups is 1. The highest BCUT2D eigenvalue weighted by atomic mass is 19.1. The van der Waals surface area contributed by atoms with Gasteiger partial charge in [-0.25, -0.2) is 4.39 Å². The Bertz CT molecular complexity index is 457. The number of carbonyl (C=O) groups is 1. The number of hydrogen-bond acceptors (Lipinski definition) is 4. The van der Waals surface area contributed by atoms with Crippen molar-refractivity contribution >= 4 is 5.91 Å². The van der Waals surface area contributed by atoms with Crippen molar-refractivity contribution in [2.45, 2.75) is 12.0 Å². The third-order valence-electron chi connectivity index (χ3n) is 2.86. The summed E-state index contributed by atoms with van der Waals surface area (Å²) in [7, 11) is 0. The lowest BCUT2D eigenvalue weighted by atomic mass is 10.0. The molecule has 0 aliphatic carbocycles. The molecule has 1 aromatic carbocycles. The summed E-state index contributed by atoms with van der Waals surface area (Å²) < 4.78 is 17.8. The number of carbonyl (C=O) groups excluding carboxylic acids is 1. The van der Waals surface area contributed by atoms with Gasteiger partial charge in [-0.1, -0.05) is 0 Å². The molecule has 1 saturated heterocycles. The first-order valence-electron chi connectivity index (χ1n) is 5.57. The molecule has 5 nitrogen and oxygen atoms in total. The number of halogens is 1. The van der Waals surface area contributed by atoms with Gasteiger partial charge < -0.3 is 20.3 Å². The van der Waals surface area contributed by atoms with Crippen LogP contribution in [0.25, 0.3) is 0 Å². The van der Waals surface area contributed by atoms with Crippen LogP contribution in [-0.2, 0) is 4.74 Å². The van der Waals surface area contributed by atoms with Crippen molar-refractivity contribution in [3.05, 3.63) is 29.6 Å². The van der Waals surface area contributed by atoms with E-state index in [-0.39, 0.29) is 18.7 Å². The normalized spacial score (nSPS) is 23.0. The maximum absolute atomic E-state index is 12.8. The fraction of sp³-hybridized carbons (Fsp3) is 0.417. The number of phenolic OH excluding ortho intramolecular Hbond substituents is 1. The monoisotopic (exact) mass is 255 g/mol. The quantitative estimate of drug-likeness (QED) is 0.731. The van der Waals surface area contributed by atoms with Gasteiger partial charge in [-0.05, 0) is 12.1 Å². The molecule has 18 heavy (non-hydrogen) atoms. The first kappa shape index (κ1) is 12.8. The molecule has 0 bridgehead atoms. The van der Waals surface area contributed by atoms with Gasteiger partial charge in [-0.15, -0.1) is 0 Å². The zero-order valence-electron chi connectivity index (χ0n) is 9.65. The molecular weight excluding hydrogens is 241 g/mol. The summed E-state index contributed by atoms with van der Waals surface area (Å²) in [5.41, 5.74) is -1.09. The number of ether oxygens (including phenoxy) is 1. The van der Waals surface area contributed by atoms with Gasteiger partial charge >= 0.3 is 0 Å². The highest BCUT2D eigenvalue weighted by Gasteiger charge is 2.32. The molecule has 0 saturated carbocycles. The van der Waals surface area contributed by atoms with Gasteiger partial charge in [0.1, 0.15) is 17.2 Å². The van der Waals surface area contributed by atoms with E-state index >= 15 is 0 Å². The number of rotatable bonds is 3. The van der Waals surface area contributed by atoms with E-state index in [0.29, 0.717) is 13.0 Å². The van der Waals surface area contributed by atoms with Gasteiger partial charge in [0.15, 0.2) is 0 Å². The highest BCUT2D eigenvalue weighted by Crippen LogP contribution is 2.20. The molecule has 1 amide bonds. The molecule has 1 atom stereocenters. The van der Waals surface area contributed by atoms with Gasteiger partial charge in [0.05, 0.1) is 12.2 Å². The van der Waals surface area contributed by atoms with Crippen LogP contribution in [0.3, 0.4) is 0 Å². The summed E-state index contributed by atoms with van der Waals surface area (Å²) in [4.78, 5) is 11.7. The number of hydrogen-bond donors (Lipinski definition) is 3. The van der Waals surface area contributed by atoms with Gasteiger partial charge in [0, 0.05) is 25.6 Å². The Morgan fingerprint density at radius 1 is 1.56 bits per heavy atom. The van der Waals surface area contributed by atoms with Crippen molar-refractivity contribution in [3.63, 3.8) is 0 Å². The largest absolute Gasteiger partial charge is 0.507 e. The molecule has 1 heterocycles. The average Bonchev–Trinajstić information content (AvgIpc) is 2.74. The zero-order chi connectivity index (χ0) is 13.2. The maximum Gasteiger partial charge on any atom is 0.255 e. The van der Waals surface area contributed by atoms with E-state index in [1.54, 1.807) is 0 Å². The minimum atomic E-state index is -1.06. The van der Waals surface area contributed by atoms with Crippen LogP contribution >= 0.6 is 0 Å². The van der Waals surface area contributed by atoms with Crippen LogP contribution in [0.1, 0.15) is 16.8 Å². The Labute approximate surface area is 103 Å². The summed E-state index contributed by atoms with van der Waals surface area (Å²) in [5.74, 6) is -1.61. The fourth-order valence-electron chi connectivity index (χ4n) is 1.77. The Morgan fingerprint density at radius 2 is 2.33 bits per heavy atom. The third kappa shape index (κ3) is 2.77. The Hall–Kier alpha value is -1.66. The van der Waals surface area contributed by atoms with Gasteiger partial charge in [0.25, 0.3) is 5.91 Å². The predicted molar refractivity (Wildman–Crippen MR) is 60.8 cm³/mol. The van der Waals surface area contributed by atoms with Crippen molar-refractivity contribution < 1.29 is 24.1 Å². The standard InChI is InChI=1S/C12H14FNO4/c13-8-1-2-9(10(15)5-8)11(16)14-6-12(17)3-4-18-7-12/h1-2,5,15,17H,3-4,6-7H2,(H,14,16). The Balaban J connectivity index is 1.99. The lowest BCUT2D eigenvalue weighted by Gasteiger charge is -2.20. The second-order valence-electron chi connectivity index (χ2n) is 4.37. The van der Waals surface area contributed by atoms with Crippen LogP contribution in [0.2, 0.25) is 0 Å². The summed E-state index contributed by atoms with van der Waals surface area (Å²) in [6.45, 7) is 0.652. The topological polar surface area (TPSA) is 78.8 Å². The van der Waals surface area contributed by atoms with E-state index in [1.807, 2.05) is 0 Å². The molecule has 6 heteroatoms. The lowest BCUT2D eigenvalue weighted by molar-refractivity contribution is 0.0264. The van der Waals surface area contributed by atoms with Crippen LogP contribution in [0.15, 0.2) is 18.2 Å². The molecule has 0 spiro atoms. The average molecular weight is 255 g/mol. The zero-order valence-corrected chi connectivity index (χ0v) is 9.65. The molecule has 2 rings (SSSR count). The lowest BCUT2D eigenvalue weighted by Crippen LogP contribution is -2.43. The van der Waals surface area contributed by atoms with E-state index in [1.165, 1.54) is 6.07 Å². The first-order valence-corrected chi connectivity index (χ1v) is 5.57. The Morgan fingerprint density at radius 3 is 2.94 bits per heavy atom. The SMILES string of the molecule is O=C(NCC1(O)CCOC1)c1ccc(F)cc1O. The number of phenols is 1. The third-order valence-corrected chi connectivity index (χ3v) is 2.86. The Kier molecular flexibility index (Phi) is 3.49. The molecule has 3 N–H and O–H groups in total. The van der Waals surface area contributed by atoms with Crippen LogP contribution in [0.4, 0.5) is 4.39 Å². The first-order chi connectivity index (χ1) is 8.50. The number of amides is 1. The van der Waals surface area contributed by atoms with Gasteiger partial charge in [0.2, 0.25) is 0 Å². The minimum Gasteiger partial charge on any atom is -0.507 e. The number of aromatic hydroxyl groups is 1.